The van der Waals surface area contributed by atoms with Gasteiger partial charge < -0.3 is 5.11 Å². The van der Waals surface area contributed by atoms with E-state index < -0.39 is 0 Å². The zero-order chi connectivity index (χ0) is 13.0. The van der Waals surface area contributed by atoms with Gasteiger partial charge in [0.05, 0.1) is 0 Å². The lowest BCUT2D eigenvalue weighted by Crippen LogP contribution is -1.90. The lowest BCUT2D eigenvalue weighted by atomic mass is 9.96. The molecule has 94 valence electrons. The Bertz CT molecular complexity index is 515. The summed E-state index contributed by atoms with van der Waals surface area (Å²) in [6.07, 6.45) is 3.47. The molecule has 0 unspecified atom stereocenters. The second kappa shape index (κ2) is 5.72. The molecule has 2 aromatic carbocycles. The van der Waals surface area contributed by atoms with Crippen LogP contribution in [0, 0.1) is 6.92 Å². The minimum Gasteiger partial charge on any atom is -0.507 e. The van der Waals surface area contributed by atoms with E-state index in [1.54, 1.807) is 0 Å². The van der Waals surface area contributed by atoms with Gasteiger partial charge in [0.1, 0.15) is 5.75 Å². The predicted molar refractivity (Wildman–Crippen MR) is 76.9 cm³/mol. The van der Waals surface area contributed by atoms with Crippen LogP contribution in [0.4, 0.5) is 0 Å². The van der Waals surface area contributed by atoms with Gasteiger partial charge in [-0.2, -0.15) is 0 Å². The van der Waals surface area contributed by atoms with E-state index in [2.05, 4.69) is 19.1 Å². The molecule has 0 aliphatic heterocycles. The Balaban J connectivity index is 2.43. The standard InChI is InChI=1S/C17H20O/c1-3-4-8-14-11-13(2)17(18)16(12-14)15-9-6-5-7-10-15/h5-7,9-12,18H,3-4,8H2,1-2H3. The van der Waals surface area contributed by atoms with Crippen molar-refractivity contribution >= 4 is 0 Å². The molecule has 18 heavy (non-hydrogen) atoms. The smallest absolute Gasteiger partial charge is 0.126 e. The van der Waals surface area contributed by atoms with Crippen LogP contribution in [0.2, 0.25) is 0 Å². The third-order valence-electron chi connectivity index (χ3n) is 3.26. The van der Waals surface area contributed by atoms with Gasteiger partial charge >= 0.3 is 0 Å². The molecule has 2 aromatic rings. The molecule has 0 bridgehead atoms. The molecule has 0 spiro atoms. The maximum atomic E-state index is 10.2. The summed E-state index contributed by atoms with van der Waals surface area (Å²) in [5, 5.41) is 10.2. The van der Waals surface area contributed by atoms with Crippen LogP contribution in [0.1, 0.15) is 30.9 Å². The molecule has 0 aromatic heterocycles. The maximum absolute atomic E-state index is 10.2. The third kappa shape index (κ3) is 2.73. The van der Waals surface area contributed by atoms with Crippen molar-refractivity contribution < 1.29 is 5.11 Å². The molecule has 0 atom stereocenters. The number of phenols is 1. The van der Waals surface area contributed by atoms with Crippen LogP contribution < -0.4 is 0 Å². The van der Waals surface area contributed by atoms with Gasteiger partial charge in [-0.3, -0.25) is 0 Å². The summed E-state index contributed by atoms with van der Waals surface area (Å²) in [5.41, 5.74) is 4.30. The molecule has 0 fully saturated rings. The first-order chi connectivity index (χ1) is 8.72. The summed E-state index contributed by atoms with van der Waals surface area (Å²) in [7, 11) is 0. The third-order valence-corrected chi connectivity index (χ3v) is 3.26. The monoisotopic (exact) mass is 240 g/mol. The van der Waals surface area contributed by atoms with Gasteiger partial charge in [0, 0.05) is 5.56 Å². The van der Waals surface area contributed by atoms with Gasteiger partial charge in [-0.05, 0) is 42.5 Å². The van der Waals surface area contributed by atoms with Gasteiger partial charge in [0.15, 0.2) is 0 Å². The van der Waals surface area contributed by atoms with E-state index in [4.69, 9.17) is 0 Å². The Morgan fingerprint density at radius 1 is 1.06 bits per heavy atom. The lowest BCUT2D eigenvalue weighted by Gasteiger charge is -2.11. The summed E-state index contributed by atoms with van der Waals surface area (Å²) in [4.78, 5) is 0. The van der Waals surface area contributed by atoms with Crippen molar-refractivity contribution in [2.75, 3.05) is 0 Å². The van der Waals surface area contributed by atoms with E-state index in [9.17, 15) is 5.11 Å². The van der Waals surface area contributed by atoms with E-state index in [0.29, 0.717) is 5.75 Å². The highest BCUT2D eigenvalue weighted by Gasteiger charge is 2.08. The minimum atomic E-state index is 0.404. The summed E-state index contributed by atoms with van der Waals surface area (Å²) in [6, 6.07) is 14.3. The van der Waals surface area contributed by atoms with Crippen LogP contribution in [0.25, 0.3) is 11.1 Å². The van der Waals surface area contributed by atoms with Crippen molar-refractivity contribution in [1.82, 2.24) is 0 Å². The summed E-state index contributed by atoms with van der Waals surface area (Å²) in [5.74, 6) is 0.404. The zero-order valence-electron chi connectivity index (χ0n) is 11.1. The molecule has 0 aliphatic rings. The van der Waals surface area contributed by atoms with Gasteiger partial charge in [-0.15, -0.1) is 0 Å². The van der Waals surface area contributed by atoms with Gasteiger partial charge in [0.25, 0.3) is 0 Å². The van der Waals surface area contributed by atoms with E-state index in [1.165, 1.54) is 18.4 Å². The number of aryl methyl sites for hydroxylation is 2. The summed E-state index contributed by atoms with van der Waals surface area (Å²) >= 11 is 0. The first-order valence-electron chi connectivity index (χ1n) is 6.60. The fourth-order valence-electron chi connectivity index (χ4n) is 2.22. The highest BCUT2D eigenvalue weighted by Crippen LogP contribution is 2.33. The SMILES string of the molecule is CCCCc1cc(C)c(O)c(-c2ccccc2)c1. The molecule has 0 radical (unpaired) electrons. The molecule has 0 saturated heterocycles. The molecule has 1 N–H and O–H groups in total. The highest BCUT2D eigenvalue weighted by molar-refractivity contribution is 5.72. The van der Waals surface area contributed by atoms with E-state index in [-0.39, 0.29) is 0 Å². The molecule has 0 amide bonds. The second-order valence-corrected chi connectivity index (χ2v) is 4.78. The Kier molecular flexibility index (Phi) is 4.03. The van der Waals surface area contributed by atoms with E-state index in [0.717, 1.165) is 23.1 Å². The fraction of sp³-hybridized carbons (Fsp3) is 0.294. The van der Waals surface area contributed by atoms with E-state index >= 15 is 0 Å². The predicted octanol–water partition coefficient (Wildman–Crippen LogP) is 4.71. The number of hydrogen-bond acceptors (Lipinski definition) is 1. The Labute approximate surface area is 109 Å². The number of aromatic hydroxyl groups is 1. The van der Waals surface area contributed by atoms with Crippen molar-refractivity contribution in [2.45, 2.75) is 33.1 Å². The fourth-order valence-corrected chi connectivity index (χ4v) is 2.22. The Morgan fingerprint density at radius 2 is 1.78 bits per heavy atom. The molecule has 0 saturated carbocycles. The van der Waals surface area contributed by atoms with Crippen LogP contribution in [-0.4, -0.2) is 5.11 Å². The van der Waals surface area contributed by atoms with Gasteiger partial charge in [-0.25, -0.2) is 0 Å². The quantitative estimate of drug-likeness (QED) is 0.820. The topological polar surface area (TPSA) is 20.2 Å². The van der Waals surface area contributed by atoms with Crippen LogP contribution in [0.15, 0.2) is 42.5 Å². The number of benzene rings is 2. The van der Waals surface area contributed by atoms with Crippen molar-refractivity contribution in [3.63, 3.8) is 0 Å². The number of unbranched alkanes of at least 4 members (excludes halogenated alkanes) is 1. The molecule has 0 heterocycles. The molecule has 2 rings (SSSR count). The number of phenolic OH excluding ortho intramolecular Hbond substituents is 1. The zero-order valence-corrected chi connectivity index (χ0v) is 11.1. The number of hydrogen-bond donors (Lipinski definition) is 1. The Morgan fingerprint density at radius 3 is 2.44 bits per heavy atom. The largest absolute Gasteiger partial charge is 0.507 e. The first-order valence-corrected chi connectivity index (χ1v) is 6.60. The van der Waals surface area contributed by atoms with Gasteiger partial charge in [0.2, 0.25) is 0 Å². The van der Waals surface area contributed by atoms with E-state index in [1.807, 2.05) is 37.3 Å². The summed E-state index contributed by atoms with van der Waals surface area (Å²) < 4.78 is 0. The first kappa shape index (κ1) is 12.7. The van der Waals surface area contributed by atoms with Crippen LogP contribution in [-0.2, 0) is 6.42 Å². The highest BCUT2D eigenvalue weighted by atomic mass is 16.3. The van der Waals surface area contributed by atoms with Crippen molar-refractivity contribution in [3.8, 4) is 16.9 Å². The molecular weight excluding hydrogens is 220 g/mol. The minimum absolute atomic E-state index is 0.404. The van der Waals surface area contributed by atoms with Crippen LogP contribution in [0.3, 0.4) is 0 Å². The molecule has 1 nitrogen and oxygen atoms in total. The summed E-state index contributed by atoms with van der Waals surface area (Å²) in [6.45, 7) is 4.17. The maximum Gasteiger partial charge on any atom is 0.126 e. The van der Waals surface area contributed by atoms with Crippen LogP contribution >= 0.6 is 0 Å². The van der Waals surface area contributed by atoms with Crippen LogP contribution in [0.5, 0.6) is 5.75 Å². The van der Waals surface area contributed by atoms with Gasteiger partial charge in [-0.1, -0.05) is 49.7 Å². The second-order valence-electron chi connectivity index (χ2n) is 4.78. The number of rotatable bonds is 4. The lowest BCUT2D eigenvalue weighted by molar-refractivity contribution is 0.473. The average molecular weight is 240 g/mol. The average Bonchev–Trinajstić information content (AvgIpc) is 2.41. The Hall–Kier alpha value is -1.76. The van der Waals surface area contributed by atoms with Crippen molar-refractivity contribution in [2.24, 2.45) is 0 Å². The van der Waals surface area contributed by atoms with Crippen molar-refractivity contribution in [3.05, 3.63) is 53.6 Å². The molecular formula is C17H20O. The van der Waals surface area contributed by atoms with Crippen molar-refractivity contribution in [1.29, 1.82) is 0 Å². The molecule has 1 heteroatoms. The molecule has 0 aliphatic carbocycles. The normalized spacial score (nSPS) is 10.6.